The van der Waals surface area contributed by atoms with Crippen LogP contribution in [-0.4, -0.2) is 37.1 Å². The van der Waals surface area contributed by atoms with E-state index < -0.39 is 11.9 Å². The van der Waals surface area contributed by atoms with Crippen molar-refractivity contribution < 1.29 is 19.8 Å². The topological polar surface area (TPSA) is 113 Å². The van der Waals surface area contributed by atoms with Gasteiger partial charge in [-0.2, -0.15) is 0 Å². The van der Waals surface area contributed by atoms with E-state index >= 15 is 0 Å². The Morgan fingerprint density at radius 3 is 1.84 bits per heavy atom. The molecular formula is C23H13N3O4S2. The summed E-state index contributed by atoms with van der Waals surface area (Å²) in [4.78, 5) is 37.1. The zero-order valence-electron chi connectivity index (χ0n) is 16.2. The third-order valence-electron chi connectivity index (χ3n) is 4.79. The van der Waals surface area contributed by atoms with Gasteiger partial charge in [0.2, 0.25) is 0 Å². The summed E-state index contributed by atoms with van der Waals surface area (Å²) < 4.78 is 2.34. The predicted octanol–water partition coefficient (Wildman–Crippen LogP) is 5.55. The molecule has 5 aromatic rings. The molecule has 5 aromatic heterocycles. The van der Waals surface area contributed by atoms with Crippen molar-refractivity contribution >= 4 is 44.0 Å². The summed E-state index contributed by atoms with van der Waals surface area (Å²) in [5, 5.41) is 20.7. The average molecular weight is 460 g/mol. The lowest BCUT2D eigenvalue weighted by Crippen LogP contribution is -2.00. The van der Waals surface area contributed by atoms with Gasteiger partial charge in [-0.1, -0.05) is 0 Å². The Kier molecular flexibility index (Phi) is 4.96. The van der Waals surface area contributed by atoms with Gasteiger partial charge in [0.15, 0.2) is 0 Å². The van der Waals surface area contributed by atoms with Crippen LogP contribution in [0.4, 0.5) is 0 Å². The molecule has 9 heteroatoms. The second kappa shape index (κ2) is 7.95. The van der Waals surface area contributed by atoms with Crippen LogP contribution in [0.2, 0.25) is 0 Å². The fraction of sp³-hybridized carbons (Fsp3) is 0. The minimum Gasteiger partial charge on any atom is -0.478 e. The fourth-order valence-corrected chi connectivity index (χ4v) is 5.35. The number of rotatable bonds is 5. The molecule has 0 unspecified atom stereocenters. The Bertz CT molecular complexity index is 1400. The molecule has 7 nitrogen and oxygen atoms in total. The van der Waals surface area contributed by atoms with Gasteiger partial charge in [0.05, 0.1) is 33.9 Å². The molecule has 0 saturated heterocycles. The number of hydrogen-bond donors (Lipinski definition) is 2. The number of hydrogen-bond acceptors (Lipinski definition) is 7. The number of fused-ring (bicyclic) bond motifs is 1. The second-order valence-corrected chi connectivity index (χ2v) is 8.89. The first-order chi connectivity index (χ1) is 15.5. The maximum atomic E-state index is 11.4. The highest BCUT2D eigenvalue weighted by Gasteiger charge is 2.15. The Hall–Kier alpha value is -3.95. The first kappa shape index (κ1) is 20.0. The molecule has 0 aliphatic carbocycles. The van der Waals surface area contributed by atoms with Crippen molar-refractivity contribution in [2.45, 2.75) is 0 Å². The van der Waals surface area contributed by atoms with Crippen LogP contribution in [0.25, 0.3) is 42.6 Å². The molecule has 0 radical (unpaired) electrons. The number of aromatic carboxylic acids is 2. The van der Waals surface area contributed by atoms with Crippen LogP contribution in [0.1, 0.15) is 20.7 Å². The van der Waals surface area contributed by atoms with Crippen LogP contribution >= 0.6 is 22.7 Å². The largest absolute Gasteiger partial charge is 0.478 e. The number of carbonyl (C=O) groups is 2. The number of carboxylic acids is 2. The minimum atomic E-state index is -1.06. The van der Waals surface area contributed by atoms with Gasteiger partial charge in [-0.3, -0.25) is 9.97 Å². The van der Waals surface area contributed by atoms with Crippen LogP contribution in [0.3, 0.4) is 0 Å². The van der Waals surface area contributed by atoms with Crippen LogP contribution in [0.15, 0.2) is 66.3 Å². The number of thiophene rings is 2. The van der Waals surface area contributed by atoms with Crippen molar-refractivity contribution in [2.24, 2.45) is 0 Å². The summed E-state index contributed by atoms with van der Waals surface area (Å²) in [6.45, 7) is 0. The van der Waals surface area contributed by atoms with Gasteiger partial charge in [0.1, 0.15) is 0 Å². The molecule has 0 amide bonds. The molecule has 32 heavy (non-hydrogen) atoms. The lowest BCUT2D eigenvalue weighted by Gasteiger charge is -2.09. The molecule has 0 bridgehead atoms. The van der Waals surface area contributed by atoms with Gasteiger partial charge in [-0.05, 0) is 59.5 Å². The van der Waals surface area contributed by atoms with Gasteiger partial charge >= 0.3 is 11.9 Å². The SMILES string of the molecule is O=C(O)c1ccnc(-c2cc(-c3cc4sccc4s3)cc(-c3cc(C(=O)O)ccn3)n2)c1. The second-order valence-electron chi connectivity index (χ2n) is 6.86. The van der Waals surface area contributed by atoms with Gasteiger partial charge in [0, 0.05) is 26.7 Å². The molecule has 0 aromatic carbocycles. The van der Waals surface area contributed by atoms with E-state index in [1.165, 1.54) is 46.1 Å². The van der Waals surface area contributed by atoms with Gasteiger partial charge in [-0.25, -0.2) is 14.6 Å². The maximum absolute atomic E-state index is 11.4. The molecule has 0 fully saturated rings. The highest BCUT2D eigenvalue weighted by atomic mass is 32.1. The Morgan fingerprint density at radius 1 is 0.719 bits per heavy atom. The van der Waals surface area contributed by atoms with E-state index in [-0.39, 0.29) is 11.1 Å². The Balaban J connectivity index is 1.71. The molecule has 2 N–H and O–H groups in total. The summed E-state index contributed by atoms with van der Waals surface area (Å²) in [6, 6.07) is 13.6. The predicted molar refractivity (Wildman–Crippen MR) is 123 cm³/mol. The van der Waals surface area contributed by atoms with Gasteiger partial charge in [0.25, 0.3) is 0 Å². The summed E-state index contributed by atoms with van der Waals surface area (Å²) in [6.07, 6.45) is 2.86. The lowest BCUT2D eigenvalue weighted by atomic mass is 10.1. The number of pyridine rings is 3. The van der Waals surface area contributed by atoms with Crippen molar-refractivity contribution in [1.29, 1.82) is 0 Å². The normalized spacial score (nSPS) is 11.0. The van der Waals surface area contributed by atoms with Crippen LogP contribution in [0.5, 0.6) is 0 Å². The molecule has 156 valence electrons. The standard InChI is InChI=1S/C23H13N3O4S2/c27-22(28)12-1-4-24-15(7-12)17-9-14(20-11-21-19(32-20)3-6-31-21)10-18(26-17)16-8-13(23(29)30)2-5-25-16/h1-11H,(H,27,28)(H,29,30). The summed E-state index contributed by atoms with van der Waals surface area (Å²) in [5.74, 6) is -2.11. The van der Waals surface area contributed by atoms with Crippen molar-refractivity contribution in [3.8, 4) is 33.2 Å². The van der Waals surface area contributed by atoms with E-state index in [0.717, 1.165) is 10.4 Å². The first-order valence-corrected chi connectivity index (χ1v) is 11.1. The number of carboxylic acid groups (broad SMARTS) is 2. The molecule has 0 aliphatic rings. The van der Waals surface area contributed by atoms with E-state index in [9.17, 15) is 19.8 Å². The van der Waals surface area contributed by atoms with E-state index in [0.29, 0.717) is 22.8 Å². The lowest BCUT2D eigenvalue weighted by molar-refractivity contribution is 0.0686. The smallest absolute Gasteiger partial charge is 0.335 e. The van der Waals surface area contributed by atoms with Crippen LogP contribution < -0.4 is 0 Å². The molecule has 0 spiro atoms. The average Bonchev–Trinajstić information content (AvgIpc) is 3.41. The summed E-state index contributed by atoms with van der Waals surface area (Å²) in [5.41, 5.74) is 2.82. The quantitative estimate of drug-likeness (QED) is 0.354. The first-order valence-electron chi connectivity index (χ1n) is 9.37. The number of nitrogens with zero attached hydrogens (tertiary/aromatic N) is 3. The molecular weight excluding hydrogens is 446 g/mol. The molecule has 0 aliphatic heterocycles. The molecule has 5 heterocycles. The van der Waals surface area contributed by atoms with E-state index in [1.807, 2.05) is 17.5 Å². The van der Waals surface area contributed by atoms with E-state index in [1.54, 1.807) is 22.7 Å². The van der Waals surface area contributed by atoms with E-state index in [2.05, 4.69) is 27.1 Å². The zero-order chi connectivity index (χ0) is 22.2. The maximum Gasteiger partial charge on any atom is 0.335 e. The fourth-order valence-electron chi connectivity index (χ4n) is 3.25. The molecule has 0 saturated carbocycles. The number of aromatic nitrogens is 3. The van der Waals surface area contributed by atoms with Gasteiger partial charge < -0.3 is 10.2 Å². The van der Waals surface area contributed by atoms with Crippen LogP contribution in [0, 0.1) is 0 Å². The third kappa shape index (κ3) is 3.75. The van der Waals surface area contributed by atoms with Crippen molar-refractivity contribution in [1.82, 2.24) is 15.0 Å². The highest BCUT2D eigenvalue weighted by molar-refractivity contribution is 7.28. The van der Waals surface area contributed by atoms with Crippen molar-refractivity contribution in [3.05, 3.63) is 77.4 Å². The van der Waals surface area contributed by atoms with Crippen LogP contribution in [-0.2, 0) is 0 Å². The molecule has 0 atom stereocenters. The zero-order valence-corrected chi connectivity index (χ0v) is 17.9. The third-order valence-corrected chi connectivity index (χ3v) is 6.93. The Morgan fingerprint density at radius 2 is 1.31 bits per heavy atom. The Labute approximate surface area is 189 Å². The summed E-state index contributed by atoms with van der Waals surface area (Å²) in [7, 11) is 0. The van der Waals surface area contributed by atoms with Crippen molar-refractivity contribution in [2.75, 3.05) is 0 Å². The summed E-state index contributed by atoms with van der Waals surface area (Å²) >= 11 is 3.29. The van der Waals surface area contributed by atoms with Crippen molar-refractivity contribution in [3.63, 3.8) is 0 Å². The van der Waals surface area contributed by atoms with E-state index in [4.69, 9.17) is 0 Å². The van der Waals surface area contributed by atoms with Gasteiger partial charge in [-0.15, -0.1) is 22.7 Å². The molecule has 5 rings (SSSR count). The minimum absolute atomic E-state index is 0.103. The highest BCUT2D eigenvalue weighted by Crippen LogP contribution is 2.38. The monoisotopic (exact) mass is 459 g/mol.